The molecule has 0 radical (unpaired) electrons. The number of thiazole rings is 1. The Labute approximate surface area is 171 Å². The molecule has 7 heteroatoms. The maximum atomic E-state index is 11.0. The summed E-state index contributed by atoms with van der Waals surface area (Å²) in [6.45, 7) is 2.76. The molecule has 0 bridgehead atoms. The third-order valence-corrected chi connectivity index (χ3v) is 6.04. The molecule has 0 saturated carbocycles. The van der Waals surface area contributed by atoms with Gasteiger partial charge < -0.3 is 14.6 Å². The number of ether oxygens (including phenoxy) is 2. The number of rotatable bonds is 6. The van der Waals surface area contributed by atoms with Gasteiger partial charge in [0.1, 0.15) is 23.1 Å². The molecule has 5 nitrogen and oxygen atoms in total. The van der Waals surface area contributed by atoms with Crippen molar-refractivity contribution in [2.45, 2.75) is 25.9 Å². The van der Waals surface area contributed by atoms with Gasteiger partial charge in [0.2, 0.25) is 0 Å². The number of carboxylic acid groups (broad SMARTS) is 1. The Balaban J connectivity index is 1.46. The van der Waals surface area contributed by atoms with E-state index in [9.17, 15) is 4.79 Å². The van der Waals surface area contributed by atoms with Gasteiger partial charge in [-0.05, 0) is 25.1 Å². The maximum absolute atomic E-state index is 11.0. The van der Waals surface area contributed by atoms with Crippen molar-refractivity contribution in [3.05, 3.63) is 63.6 Å². The predicted molar refractivity (Wildman–Crippen MR) is 109 cm³/mol. The molecule has 28 heavy (non-hydrogen) atoms. The quantitative estimate of drug-likeness (QED) is 0.591. The van der Waals surface area contributed by atoms with Gasteiger partial charge in [0.25, 0.3) is 0 Å². The van der Waals surface area contributed by atoms with Gasteiger partial charge >= 0.3 is 5.97 Å². The van der Waals surface area contributed by atoms with Gasteiger partial charge in [0.15, 0.2) is 0 Å². The number of halogens is 1. The number of carboxylic acids is 1. The van der Waals surface area contributed by atoms with E-state index in [0.717, 1.165) is 26.7 Å². The van der Waals surface area contributed by atoms with Crippen molar-refractivity contribution in [2.75, 3.05) is 6.61 Å². The molecule has 0 amide bonds. The van der Waals surface area contributed by atoms with E-state index in [4.69, 9.17) is 26.2 Å². The van der Waals surface area contributed by atoms with Crippen LogP contribution in [0.25, 0.3) is 10.6 Å². The number of aromatic nitrogens is 1. The molecular formula is C21H18ClNO4S. The number of aliphatic carboxylic acids is 1. The highest BCUT2D eigenvalue weighted by atomic mass is 35.5. The summed E-state index contributed by atoms with van der Waals surface area (Å²) in [6, 6.07) is 13.2. The predicted octanol–water partition coefficient (Wildman–Crippen LogP) is 5.30. The number of carbonyl (C=O) groups is 1. The van der Waals surface area contributed by atoms with E-state index in [2.05, 4.69) is 4.98 Å². The summed E-state index contributed by atoms with van der Waals surface area (Å²) >= 11 is 7.66. The molecule has 0 spiro atoms. The first-order valence-electron chi connectivity index (χ1n) is 8.83. The summed E-state index contributed by atoms with van der Waals surface area (Å²) in [5.41, 5.74) is 2.84. The molecule has 1 aliphatic heterocycles. The van der Waals surface area contributed by atoms with Crippen LogP contribution >= 0.6 is 22.9 Å². The van der Waals surface area contributed by atoms with Crippen LogP contribution in [0, 0.1) is 6.92 Å². The molecule has 2 aromatic carbocycles. The van der Waals surface area contributed by atoms with Crippen LogP contribution in [0.3, 0.4) is 0 Å². The van der Waals surface area contributed by atoms with Crippen LogP contribution in [-0.2, 0) is 11.4 Å². The molecule has 1 aliphatic rings. The number of benzene rings is 2. The summed E-state index contributed by atoms with van der Waals surface area (Å²) in [6.07, 6.45) is 0.0690. The molecule has 2 heterocycles. The van der Waals surface area contributed by atoms with Gasteiger partial charge in [-0.1, -0.05) is 29.8 Å². The standard InChI is InChI=1S/C21H18ClNO4S/c1-12-19(28-21(23-12)13-3-2-4-15(22)7-13)11-26-16-5-6-17-14(8-20(24)25)10-27-18(17)9-16/h2-7,9,14H,8,10-11H2,1H3,(H,24,25). The van der Waals surface area contributed by atoms with Crippen LogP contribution in [-0.4, -0.2) is 22.7 Å². The van der Waals surface area contributed by atoms with Gasteiger partial charge in [-0.3, -0.25) is 4.79 Å². The smallest absolute Gasteiger partial charge is 0.304 e. The van der Waals surface area contributed by atoms with E-state index in [1.807, 2.05) is 49.4 Å². The number of aryl methyl sites for hydroxylation is 1. The van der Waals surface area contributed by atoms with E-state index in [-0.39, 0.29) is 12.3 Å². The summed E-state index contributed by atoms with van der Waals surface area (Å²) in [7, 11) is 0. The van der Waals surface area contributed by atoms with Crippen LogP contribution in [0.5, 0.6) is 11.5 Å². The highest BCUT2D eigenvalue weighted by Gasteiger charge is 2.26. The largest absolute Gasteiger partial charge is 0.492 e. The molecule has 1 aromatic heterocycles. The average Bonchev–Trinajstić information content (AvgIpc) is 3.23. The Hall–Kier alpha value is -2.57. The molecule has 0 saturated heterocycles. The molecule has 1 N–H and O–H groups in total. The highest BCUT2D eigenvalue weighted by molar-refractivity contribution is 7.15. The van der Waals surface area contributed by atoms with E-state index < -0.39 is 5.97 Å². The third-order valence-electron chi connectivity index (χ3n) is 4.62. The minimum Gasteiger partial charge on any atom is -0.492 e. The third kappa shape index (κ3) is 3.98. The second kappa shape index (κ2) is 7.81. The lowest BCUT2D eigenvalue weighted by Crippen LogP contribution is -2.07. The van der Waals surface area contributed by atoms with Gasteiger partial charge in [-0.2, -0.15) is 0 Å². The molecule has 1 unspecified atom stereocenters. The van der Waals surface area contributed by atoms with Crippen LogP contribution in [0.1, 0.15) is 28.5 Å². The first-order chi connectivity index (χ1) is 13.5. The highest BCUT2D eigenvalue weighted by Crippen LogP contribution is 2.38. The van der Waals surface area contributed by atoms with Gasteiger partial charge in [0, 0.05) is 28.1 Å². The summed E-state index contributed by atoms with van der Waals surface area (Å²) < 4.78 is 11.6. The summed E-state index contributed by atoms with van der Waals surface area (Å²) in [4.78, 5) is 16.6. The van der Waals surface area contributed by atoms with Crippen molar-refractivity contribution in [3.8, 4) is 22.1 Å². The van der Waals surface area contributed by atoms with E-state index in [1.165, 1.54) is 0 Å². The second-order valence-electron chi connectivity index (χ2n) is 6.63. The molecule has 4 rings (SSSR count). The van der Waals surface area contributed by atoms with Crippen molar-refractivity contribution in [1.29, 1.82) is 0 Å². The minimum atomic E-state index is -0.821. The van der Waals surface area contributed by atoms with E-state index in [1.54, 1.807) is 11.3 Å². The Morgan fingerprint density at radius 2 is 2.21 bits per heavy atom. The van der Waals surface area contributed by atoms with Gasteiger partial charge in [0.05, 0.1) is 23.6 Å². The normalized spacial score (nSPS) is 15.1. The topological polar surface area (TPSA) is 68.7 Å². The number of hydrogen-bond donors (Lipinski definition) is 1. The van der Waals surface area contributed by atoms with Crippen molar-refractivity contribution in [3.63, 3.8) is 0 Å². The number of fused-ring (bicyclic) bond motifs is 1. The molecular weight excluding hydrogens is 398 g/mol. The summed E-state index contributed by atoms with van der Waals surface area (Å²) in [5, 5.41) is 10.6. The van der Waals surface area contributed by atoms with Crippen LogP contribution in [0.4, 0.5) is 0 Å². The van der Waals surface area contributed by atoms with Crippen LogP contribution in [0.2, 0.25) is 5.02 Å². The van der Waals surface area contributed by atoms with Crippen LogP contribution in [0.15, 0.2) is 42.5 Å². The summed E-state index contributed by atoms with van der Waals surface area (Å²) in [5.74, 6) is 0.458. The van der Waals surface area contributed by atoms with Gasteiger partial charge in [-0.25, -0.2) is 4.98 Å². The lowest BCUT2D eigenvalue weighted by atomic mass is 9.98. The lowest BCUT2D eigenvalue weighted by Gasteiger charge is -2.08. The second-order valence-corrected chi connectivity index (χ2v) is 8.15. The monoisotopic (exact) mass is 415 g/mol. The van der Waals surface area contributed by atoms with Crippen molar-refractivity contribution >= 4 is 28.9 Å². The Morgan fingerprint density at radius 3 is 3.00 bits per heavy atom. The molecule has 0 aliphatic carbocycles. The number of nitrogens with zero attached hydrogens (tertiary/aromatic N) is 1. The SMILES string of the molecule is Cc1nc(-c2cccc(Cl)c2)sc1COc1ccc2c(c1)OCC2CC(=O)O. The molecule has 0 fully saturated rings. The molecule has 3 aromatic rings. The lowest BCUT2D eigenvalue weighted by molar-refractivity contribution is -0.137. The van der Waals surface area contributed by atoms with Crippen LogP contribution < -0.4 is 9.47 Å². The maximum Gasteiger partial charge on any atom is 0.304 e. The Morgan fingerprint density at radius 1 is 1.36 bits per heavy atom. The van der Waals surface area contributed by atoms with E-state index in [0.29, 0.717) is 29.7 Å². The molecule has 144 valence electrons. The molecule has 1 atom stereocenters. The average molecular weight is 416 g/mol. The zero-order valence-corrected chi connectivity index (χ0v) is 16.7. The number of hydrogen-bond acceptors (Lipinski definition) is 5. The fourth-order valence-electron chi connectivity index (χ4n) is 3.18. The first-order valence-corrected chi connectivity index (χ1v) is 10.0. The van der Waals surface area contributed by atoms with E-state index >= 15 is 0 Å². The van der Waals surface area contributed by atoms with Crippen molar-refractivity contribution in [2.24, 2.45) is 0 Å². The minimum absolute atomic E-state index is 0.0690. The fraction of sp³-hybridized carbons (Fsp3) is 0.238. The first kappa shape index (κ1) is 18.8. The Bertz CT molecular complexity index is 1030. The van der Waals surface area contributed by atoms with Crippen molar-refractivity contribution in [1.82, 2.24) is 4.98 Å². The van der Waals surface area contributed by atoms with Crippen molar-refractivity contribution < 1.29 is 19.4 Å². The fourth-order valence-corrected chi connectivity index (χ4v) is 4.34. The zero-order chi connectivity index (χ0) is 19.7. The van der Waals surface area contributed by atoms with Gasteiger partial charge in [-0.15, -0.1) is 11.3 Å². The Kier molecular flexibility index (Phi) is 5.24. The zero-order valence-electron chi connectivity index (χ0n) is 15.1.